The summed E-state index contributed by atoms with van der Waals surface area (Å²) in [5.41, 5.74) is 7.19. The molecule has 5 heteroatoms. The fourth-order valence-electron chi connectivity index (χ4n) is 1.61. The summed E-state index contributed by atoms with van der Waals surface area (Å²) in [6.45, 7) is 0.560. The number of para-hydroxylation sites is 1. The lowest BCUT2D eigenvalue weighted by Crippen LogP contribution is -2.01. The summed E-state index contributed by atoms with van der Waals surface area (Å²) in [6.07, 6.45) is 0. The summed E-state index contributed by atoms with van der Waals surface area (Å²) in [4.78, 5) is 0. The zero-order valence-corrected chi connectivity index (χ0v) is 11.5. The highest BCUT2D eigenvalue weighted by atomic mass is 35.5. The topological polar surface area (TPSA) is 35.2 Å². The summed E-state index contributed by atoms with van der Waals surface area (Å²) >= 11 is 12.0. The van der Waals surface area contributed by atoms with Gasteiger partial charge in [0.05, 0.1) is 5.02 Å². The normalized spacial score (nSPS) is 10.5. The van der Waals surface area contributed by atoms with Gasteiger partial charge in [-0.3, -0.25) is 0 Å². The largest absolute Gasteiger partial charge is 0.484 e. The highest BCUT2D eigenvalue weighted by Gasteiger charge is 2.09. The SMILES string of the molecule is NCc1ccc(COc2c(F)cccc2Cl)c(Cl)c1. The Morgan fingerprint density at radius 1 is 1.11 bits per heavy atom. The second-order valence-electron chi connectivity index (χ2n) is 3.97. The molecule has 2 N–H and O–H groups in total. The van der Waals surface area contributed by atoms with Crippen molar-refractivity contribution in [2.45, 2.75) is 13.2 Å². The Hall–Kier alpha value is -1.29. The van der Waals surface area contributed by atoms with Crippen molar-refractivity contribution in [2.24, 2.45) is 5.73 Å². The van der Waals surface area contributed by atoms with Crippen molar-refractivity contribution in [3.8, 4) is 5.75 Å². The number of hydrogen-bond donors (Lipinski definition) is 1. The van der Waals surface area contributed by atoms with Gasteiger partial charge in [0.15, 0.2) is 11.6 Å². The smallest absolute Gasteiger partial charge is 0.174 e. The quantitative estimate of drug-likeness (QED) is 0.919. The van der Waals surface area contributed by atoms with Crippen LogP contribution in [0.2, 0.25) is 10.0 Å². The molecule has 0 heterocycles. The van der Waals surface area contributed by atoms with Crippen molar-refractivity contribution in [1.29, 1.82) is 0 Å². The Balaban J connectivity index is 2.15. The van der Waals surface area contributed by atoms with Crippen LogP contribution in [0, 0.1) is 5.82 Å². The number of halogens is 3. The van der Waals surface area contributed by atoms with E-state index in [2.05, 4.69) is 0 Å². The highest BCUT2D eigenvalue weighted by molar-refractivity contribution is 6.32. The van der Waals surface area contributed by atoms with Crippen LogP contribution in [-0.2, 0) is 13.2 Å². The molecule has 0 bridgehead atoms. The minimum Gasteiger partial charge on any atom is -0.484 e. The zero-order valence-electron chi connectivity index (χ0n) is 10.00. The van der Waals surface area contributed by atoms with E-state index in [-0.39, 0.29) is 17.4 Å². The average Bonchev–Trinajstić information content (AvgIpc) is 2.39. The Kier molecular flexibility index (Phi) is 4.64. The molecule has 0 amide bonds. The van der Waals surface area contributed by atoms with Crippen molar-refractivity contribution in [3.05, 3.63) is 63.4 Å². The summed E-state index contributed by atoms with van der Waals surface area (Å²) in [5, 5.41) is 0.769. The second-order valence-corrected chi connectivity index (χ2v) is 4.78. The fourth-order valence-corrected chi connectivity index (χ4v) is 2.08. The van der Waals surface area contributed by atoms with E-state index in [0.29, 0.717) is 11.6 Å². The van der Waals surface area contributed by atoms with Crippen LogP contribution in [0.3, 0.4) is 0 Å². The van der Waals surface area contributed by atoms with Crippen LogP contribution in [-0.4, -0.2) is 0 Å². The first-order valence-electron chi connectivity index (χ1n) is 5.66. The molecule has 0 saturated heterocycles. The van der Waals surface area contributed by atoms with Gasteiger partial charge in [0.1, 0.15) is 6.61 Å². The molecule has 0 unspecified atom stereocenters. The molecule has 2 aromatic rings. The van der Waals surface area contributed by atoms with Crippen molar-refractivity contribution < 1.29 is 9.13 Å². The molecule has 0 aromatic heterocycles. The van der Waals surface area contributed by atoms with E-state index in [1.807, 2.05) is 6.07 Å². The average molecular weight is 300 g/mol. The Morgan fingerprint density at radius 2 is 1.89 bits per heavy atom. The monoisotopic (exact) mass is 299 g/mol. The van der Waals surface area contributed by atoms with Gasteiger partial charge in [-0.05, 0) is 23.8 Å². The van der Waals surface area contributed by atoms with Crippen LogP contribution in [0.4, 0.5) is 4.39 Å². The van der Waals surface area contributed by atoms with Crippen molar-refractivity contribution in [2.75, 3.05) is 0 Å². The number of rotatable bonds is 4. The molecular formula is C14H12Cl2FNO. The summed E-state index contributed by atoms with van der Waals surface area (Å²) < 4.78 is 18.9. The molecule has 19 heavy (non-hydrogen) atoms. The molecular weight excluding hydrogens is 288 g/mol. The van der Waals surface area contributed by atoms with Gasteiger partial charge in [-0.2, -0.15) is 0 Å². The van der Waals surface area contributed by atoms with E-state index in [0.717, 1.165) is 11.1 Å². The van der Waals surface area contributed by atoms with E-state index >= 15 is 0 Å². The van der Waals surface area contributed by atoms with Gasteiger partial charge in [0.25, 0.3) is 0 Å². The van der Waals surface area contributed by atoms with Crippen LogP contribution in [0.1, 0.15) is 11.1 Å². The Labute approximate surface area is 120 Å². The van der Waals surface area contributed by atoms with Gasteiger partial charge >= 0.3 is 0 Å². The molecule has 2 aromatic carbocycles. The first-order chi connectivity index (χ1) is 9.11. The number of benzene rings is 2. The second kappa shape index (κ2) is 6.24. The van der Waals surface area contributed by atoms with Gasteiger partial charge in [0.2, 0.25) is 0 Å². The van der Waals surface area contributed by atoms with Crippen molar-refractivity contribution >= 4 is 23.2 Å². The lowest BCUT2D eigenvalue weighted by Gasteiger charge is -2.10. The lowest BCUT2D eigenvalue weighted by molar-refractivity contribution is 0.290. The van der Waals surface area contributed by atoms with E-state index in [1.165, 1.54) is 12.1 Å². The Morgan fingerprint density at radius 3 is 2.53 bits per heavy atom. The molecule has 0 saturated carbocycles. The van der Waals surface area contributed by atoms with Gasteiger partial charge in [0, 0.05) is 17.1 Å². The third-order valence-electron chi connectivity index (χ3n) is 2.64. The maximum absolute atomic E-state index is 13.5. The van der Waals surface area contributed by atoms with E-state index in [1.54, 1.807) is 18.2 Å². The molecule has 0 aliphatic rings. The first kappa shape index (κ1) is 14.1. The van der Waals surface area contributed by atoms with E-state index < -0.39 is 5.82 Å². The van der Waals surface area contributed by atoms with Crippen LogP contribution >= 0.6 is 23.2 Å². The molecule has 2 nitrogen and oxygen atoms in total. The molecule has 0 aliphatic heterocycles. The third kappa shape index (κ3) is 3.38. The number of nitrogens with two attached hydrogens (primary N) is 1. The molecule has 0 fully saturated rings. The standard InChI is InChI=1S/C14H12Cl2FNO/c15-11-2-1-3-13(17)14(11)19-8-10-5-4-9(7-18)6-12(10)16/h1-6H,7-8,18H2. The summed E-state index contributed by atoms with van der Waals surface area (Å²) in [6, 6.07) is 9.81. The number of hydrogen-bond acceptors (Lipinski definition) is 2. The summed E-state index contributed by atoms with van der Waals surface area (Å²) in [7, 11) is 0. The maximum Gasteiger partial charge on any atom is 0.174 e. The fraction of sp³-hybridized carbons (Fsp3) is 0.143. The van der Waals surface area contributed by atoms with E-state index in [4.69, 9.17) is 33.7 Å². The molecule has 0 aliphatic carbocycles. The van der Waals surface area contributed by atoms with Crippen molar-refractivity contribution in [3.63, 3.8) is 0 Å². The van der Waals surface area contributed by atoms with Crippen LogP contribution < -0.4 is 10.5 Å². The van der Waals surface area contributed by atoms with Gasteiger partial charge in [-0.1, -0.05) is 41.4 Å². The molecule has 2 rings (SSSR count). The minimum absolute atomic E-state index is 0.0307. The van der Waals surface area contributed by atoms with Gasteiger partial charge in [-0.25, -0.2) is 4.39 Å². The van der Waals surface area contributed by atoms with Gasteiger partial charge < -0.3 is 10.5 Å². The predicted octanol–water partition coefficient (Wildman–Crippen LogP) is 4.17. The van der Waals surface area contributed by atoms with Crippen LogP contribution in [0.25, 0.3) is 0 Å². The zero-order chi connectivity index (χ0) is 13.8. The third-order valence-corrected chi connectivity index (χ3v) is 3.29. The van der Waals surface area contributed by atoms with Gasteiger partial charge in [-0.15, -0.1) is 0 Å². The minimum atomic E-state index is -0.498. The Bertz CT molecular complexity index is 569. The molecule has 0 spiro atoms. The summed E-state index contributed by atoms with van der Waals surface area (Å²) in [5.74, 6) is -0.467. The maximum atomic E-state index is 13.5. The molecule has 0 radical (unpaired) electrons. The van der Waals surface area contributed by atoms with Crippen molar-refractivity contribution in [1.82, 2.24) is 0 Å². The highest BCUT2D eigenvalue weighted by Crippen LogP contribution is 2.29. The predicted molar refractivity (Wildman–Crippen MR) is 75.1 cm³/mol. The van der Waals surface area contributed by atoms with Crippen LogP contribution in [0.5, 0.6) is 5.75 Å². The first-order valence-corrected chi connectivity index (χ1v) is 6.41. The molecule has 0 atom stereocenters. The lowest BCUT2D eigenvalue weighted by atomic mass is 10.1. The molecule has 100 valence electrons. The number of ether oxygens (including phenoxy) is 1. The van der Waals surface area contributed by atoms with Crippen LogP contribution in [0.15, 0.2) is 36.4 Å². The van der Waals surface area contributed by atoms with E-state index in [9.17, 15) is 4.39 Å².